The fourth-order valence-corrected chi connectivity index (χ4v) is 2.17. The molecule has 1 aromatic carbocycles. The zero-order valence-corrected chi connectivity index (χ0v) is 9.72. The smallest absolute Gasteiger partial charge is 0.371 e. The number of nitro groups is 1. The maximum absolute atomic E-state index is 10.8. The molecule has 92 valence electrons. The first-order valence-electron chi connectivity index (χ1n) is 4.82. The van der Waals surface area contributed by atoms with Gasteiger partial charge in [0.2, 0.25) is 5.76 Å². The number of carbonyl (C=O) groups is 1. The summed E-state index contributed by atoms with van der Waals surface area (Å²) in [6.07, 6.45) is 0. The lowest BCUT2D eigenvalue weighted by Crippen LogP contribution is -1.91. The molecule has 0 aliphatic rings. The van der Waals surface area contributed by atoms with Gasteiger partial charge in [-0.3, -0.25) is 10.1 Å². The fourth-order valence-electron chi connectivity index (χ4n) is 1.29. The first-order valence-corrected chi connectivity index (χ1v) is 5.64. The number of hydrogen-bond donors (Lipinski definition) is 1. The van der Waals surface area contributed by atoms with Crippen molar-refractivity contribution < 1.29 is 19.2 Å². The molecule has 0 bridgehead atoms. The third kappa shape index (κ3) is 2.51. The molecule has 0 amide bonds. The Labute approximate surface area is 105 Å². The predicted octanol–water partition coefficient (Wildman–Crippen LogP) is 3.04. The largest absolute Gasteiger partial charge is 0.475 e. The highest BCUT2D eigenvalue weighted by Crippen LogP contribution is 2.35. The third-order valence-corrected chi connectivity index (χ3v) is 3.05. The minimum atomic E-state index is -1.18. The second kappa shape index (κ2) is 4.92. The Balaban J connectivity index is 2.28. The van der Waals surface area contributed by atoms with E-state index in [9.17, 15) is 14.9 Å². The van der Waals surface area contributed by atoms with Crippen LogP contribution < -0.4 is 0 Å². The summed E-state index contributed by atoms with van der Waals surface area (Å²) in [6, 6.07) is 8.95. The van der Waals surface area contributed by atoms with E-state index in [1.54, 1.807) is 18.2 Å². The van der Waals surface area contributed by atoms with Crippen molar-refractivity contribution >= 4 is 23.4 Å². The summed E-state index contributed by atoms with van der Waals surface area (Å²) in [7, 11) is 0. The van der Waals surface area contributed by atoms with E-state index in [2.05, 4.69) is 0 Å². The van der Waals surface area contributed by atoms with Gasteiger partial charge in [0.15, 0.2) is 5.09 Å². The molecular weight excluding hydrogens is 258 g/mol. The molecule has 0 saturated carbocycles. The van der Waals surface area contributed by atoms with E-state index >= 15 is 0 Å². The molecule has 0 aliphatic heterocycles. The maximum Gasteiger partial charge on any atom is 0.371 e. The molecule has 1 N–H and O–H groups in total. The number of nitro benzene ring substituents is 1. The summed E-state index contributed by atoms with van der Waals surface area (Å²) in [4.78, 5) is 21.3. The average molecular weight is 265 g/mol. The Hall–Kier alpha value is -2.28. The van der Waals surface area contributed by atoms with E-state index in [4.69, 9.17) is 9.52 Å². The molecule has 0 unspecified atom stereocenters. The van der Waals surface area contributed by atoms with E-state index < -0.39 is 10.9 Å². The van der Waals surface area contributed by atoms with Gasteiger partial charge in [0.1, 0.15) is 0 Å². The van der Waals surface area contributed by atoms with Gasteiger partial charge >= 0.3 is 5.97 Å². The van der Waals surface area contributed by atoms with Gasteiger partial charge in [-0.25, -0.2) is 4.79 Å². The van der Waals surface area contributed by atoms with Gasteiger partial charge in [-0.15, -0.1) is 0 Å². The Morgan fingerprint density at radius 3 is 2.61 bits per heavy atom. The van der Waals surface area contributed by atoms with E-state index in [0.29, 0.717) is 9.99 Å². The molecule has 1 heterocycles. The number of rotatable bonds is 4. The molecule has 0 spiro atoms. The van der Waals surface area contributed by atoms with Gasteiger partial charge in [-0.2, -0.15) is 0 Å². The summed E-state index contributed by atoms with van der Waals surface area (Å²) in [5.41, 5.74) is -0.0456. The monoisotopic (exact) mass is 265 g/mol. The number of hydrogen-bond acceptors (Lipinski definition) is 5. The van der Waals surface area contributed by atoms with Crippen molar-refractivity contribution in [3.63, 3.8) is 0 Å². The second-order valence-electron chi connectivity index (χ2n) is 3.25. The fraction of sp³-hybridized carbons (Fsp3) is 0. The van der Waals surface area contributed by atoms with Gasteiger partial charge in [0.05, 0.1) is 9.82 Å². The van der Waals surface area contributed by atoms with E-state index in [-0.39, 0.29) is 11.4 Å². The molecule has 0 saturated heterocycles. The molecule has 0 radical (unpaired) electrons. The highest BCUT2D eigenvalue weighted by atomic mass is 32.2. The SMILES string of the molecule is O=C(O)c1ccc(Sc2ccccc2[N+](=O)[O-])o1. The summed E-state index contributed by atoms with van der Waals surface area (Å²) in [6.45, 7) is 0. The van der Waals surface area contributed by atoms with Crippen LogP contribution in [-0.4, -0.2) is 16.0 Å². The van der Waals surface area contributed by atoms with Gasteiger partial charge in [-0.1, -0.05) is 12.1 Å². The predicted molar refractivity (Wildman–Crippen MR) is 62.9 cm³/mol. The number of benzene rings is 1. The Morgan fingerprint density at radius 1 is 1.28 bits per heavy atom. The van der Waals surface area contributed by atoms with Crippen molar-refractivity contribution in [3.05, 3.63) is 52.3 Å². The molecule has 7 heteroatoms. The number of carboxylic acid groups (broad SMARTS) is 1. The van der Waals surface area contributed by atoms with E-state index in [1.807, 2.05) is 0 Å². The second-order valence-corrected chi connectivity index (χ2v) is 4.30. The minimum absolute atomic E-state index is 0.0456. The number of aromatic carboxylic acids is 1. The number of carboxylic acids is 1. The van der Waals surface area contributed by atoms with Crippen LogP contribution in [0.4, 0.5) is 5.69 Å². The molecular formula is C11H7NO5S. The van der Waals surface area contributed by atoms with Crippen LogP contribution in [0.3, 0.4) is 0 Å². The molecule has 6 nitrogen and oxygen atoms in total. The highest BCUT2D eigenvalue weighted by molar-refractivity contribution is 7.99. The molecule has 0 fully saturated rings. The third-order valence-electron chi connectivity index (χ3n) is 2.06. The van der Waals surface area contributed by atoms with Crippen molar-refractivity contribution in [2.75, 3.05) is 0 Å². The van der Waals surface area contributed by atoms with Crippen molar-refractivity contribution in [1.29, 1.82) is 0 Å². The summed E-state index contributed by atoms with van der Waals surface area (Å²) in [5.74, 6) is -1.37. The number of para-hydroxylation sites is 1. The lowest BCUT2D eigenvalue weighted by Gasteiger charge is -1.99. The molecule has 1 aromatic heterocycles. The first kappa shape index (κ1) is 12.2. The van der Waals surface area contributed by atoms with Gasteiger partial charge in [0, 0.05) is 6.07 Å². The van der Waals surface area contributed by atoms with Crippen LogP contribution in [0.15, 0.2) is 50.8 Å². The van der Waals surface area contributed by atoms with Crippen molar-refractivity contribution in [3.8, 4) is 0 Å². The minimum Gasteiger partial charge on any atom is -0.475 e. The molecule has 2 aromatic rings. The average Bonchev–Trinajstić information content (AvgIpc) is 2.78. The van der Waals surface area contributed by atoms with Crippen molar-refractivity contribution in [1.82, 2.24) is 0 Å². The van der Waals surface area contributed by atoms with Crippen molar-refractivity contribution in [2.24, 2.45) is 0 Å². The quantitative estimate of drug-likeness (QED) is 0.674. The van der Waals surface area contributed by atoms with Gasteiger partial charge < -0.3 is 9.52 Å². The van der Waals surface area contributed by atoms with Gasteiger partial charge in [-0.05, 0) is 30.0 Å². The van der Waals surface area contributed by atoms with Crippen LogP contribution >= 0.6 is 11.8 Å². The van der Waals surface area contributed by atoms with Crippen LogP contribution in [0.25, 0.3) is 0 Å². The lowest BCUT2D eigenvalue weighted by atomic mass is 10.3. The zero-order chi connectivity index (χ0) is 13.1. The molecule has 0 atom stereocenters. The Kier molecular flexibility index (Phi) is 3.33. The summed E-state index contributed by atoms with van der Waals surface area (Å²) < 4.78 is 5.02. The lowest BCUT2D eigenvalue weighted by molar-refractivity contribution is -0.387. The van der Waals surface area contributed by atoms with Crippen LogP contribution in [0, 0.1) is 10.1 Å². The van der Waals surface area contributed by atoms with E-state index in [1.165, 1.54) is 18.2 Å². The zero-order valence-electron chi connectivity index (χ0n) is 8.90. The van der Waals surface area contributed by atoms with E-state index in [0.717, 1.165) is 11.8 Å². The van der Waals surface area contributed by atoms with Crippen LogP contribution in [0.5, 0.6) is 0 Å². The molecule has 2 rings (SSSR count). The van der Waals surface area contributed by atoms with Crippen LogP contribution in [0.1, 0.15) is 10.6 Å². The van der Waals surface area contributed by atoms with Crippen molar-refractivity contribution in [2.45, 2.75) is 9.99 Å². The normalized spacial score (nSPS) is 10.2. The standard InChI is InChI=1S/C11H7NO5S/c13-11(14)8-5-6-10(17-8)18-9-4-2-1-3-7(9)12(15)16/h1-6H,(H,13,14). The molecule has 0 aliphatic carbocycles. The van der Waals surface area contributed by atoms with Crippen LogP contribution in [-0.2, 0) is 0 Å². The van der Waals surface area contributed by atoms with Gasteiger partial charge in [0.25, 0.3) is 5.69 Å². The molecule has 18 heavy (non-hydrogen) atoms. The topological polar surface area (TPSA) is 93.6 Å². The first-order chi connectivity index (χ1) is 8.58. The maximum atomic E-state index is 10.8. The number of furan rings is 1. The Bertz CT molecular complexity index is 607. The number of nitrogens with zero attached hydrogens (tertiary/aromatic N) is 1. The highest BCUT2D eigenvalue weighted by Gasteiger charge is 2.16. The van der Waals surface area contributed by atoms with Crippen LogP contribution in [0.2, 0.25) is 0 Å². The summed E-state index contributed by atoms with van der Waals surface area (Å²) in [5, 5.41) is 19.8. The summed E-state index contributed by atoms with van der Waals surface area (Å²) >= 11 is 1.01. The Morgan fingerprint density at radius 2 is 2.00 bits per heavy atom.